The van der Waals surface area contributed by atoms with Crippen LogP contribution >= 0.6 is 0 Å². The van der Waals surface area contributed by atoms with Crippen LogP contribution in [0.15, 0.2) is 0 Å². The molecule has 2 saturated heterocycles. The molecule has 0 aromatic rings. The molecule has 2 aliphatic heterocycles. The summed E-state index contributed by atoms with van der Waals surface area (Å²) < 4.78 is 28.8. The normalized spacial score (nSPS) is 30.8. The fourth-order valence-electron chi connectivity index (χ4n) is 3.24. The maximum Gasteiger partial charge on any atom is 0.281 e. The van der Waals surface area contributed by atoms with E-state index in [4.69, 9.17) is 5.73 Å². The van der Waals surface area contributed by atoms with Crippen LogP contribution in [0.4, 0.5) is 0 Å². The summed E-state index contributed by atoms with van der Waals surface area (Å²) in [5.74, 6) is 0.770. The molecule has 0 amide bonds. The minimum atomic E-state index is -3.29. The van der Waals surface area contributed by atoms with Crippen LogP contribution in [0.1, 0.15) is 40.0 Å². The zero-order valence-corrected chi connectivity index (χ0v) is 13.8. The lowest BCUT2D eigenvalue weighted by Crippen LogP contribution is -2.48. The first-order chi connectivity index (χ1) is 9.25. The third kappa shape index (κ3) is 3.35. The molecule has 2 rings (SSSR count). The van der Waals surface area contributed by atoms with Crippen LogP contribution in [0.25, 0.3) is 0 Å². The number of hydrogen-bond donors (Lipinski definition) is 1. The molecule has 0 aromatic carbocycles. The lowest BCUT2D eigenvalue weighted by atomic mass is 9.80. The van der Waals surface area contributed by atoms with Gasteiger partial charge in [-0.15, -0.1) is 0 Å². The summed E-state index contributed by atoms with van der Waals surface area (Å²) in [6.07, 6.45) is 2.95. The molecule has 2 fully saturated rings. The zero-order valence-electron chi connectivity index (χ0n) is 13.0. The molecule has 20 heavy (non-hydrogen) atoms. The van der Waals surface area contributed by atoms with Crippen molar-refractivity contribution in [3.05, 3.63) is 0 Å². The lowest BCUT2D eigenvalue weighted by Gasteiger charge is -2.34. The van der Waals surface area contributed by atoms with Gasteiger partial charge in [-0.05, 0) is 43.1 Å². The van der Waals surface area contributed by atoms with E-state index in [9.17, 15) is 8.42 Å². The summed E-state index contributed by atoms with van der Waals surface area (Å²) in [4.78, 5) is 0. The molecule has 0 saturated carbocycles. The summed E-state index contributed by atoms with van der Waals surface area (Å²) in [6.45, 7) is 9.72. The molecule has 2 aliphatic rings. The van der Waals surface area contributed by atoms with Gasteiger partial charge in [0.05, 0.1) is 0 Å². The van der Waals surface area contributed by atoms with E-state index in [1.165, 1.54) is 0 Å². The van der Waals surface area contributed by atoms with Crippen molar-refractivity contribution in [1.29, 1.82) is 0 Å². The molecule has 0 spiro atoms. The van der Waals surface area contributed by atoms with Crippen LogP contribution in [-0.4, -0.2) is 49.8 Å². The Kier molecular flexibility index (Phi) is 4.79. The molecule has 2 N–H and O–H groups in total. The Morgan fingerprint density at radius 2 is 1.75 bits per heavy atom. The third-order valence-corrected chi connectivity index (χ3v) is 6.81. The van der Waals surface area contributed by atoms with Crippen molar-refractivity contribution in [2.45, 2.75) is 40.0 Å². The SMILES string of the molecule is CC(C)(C)C1CCN(S(=O)(=O)N2CCCC(CN)C2)C1. The predicted octanol–water partition coefficient (Wildman–Crippen LogP) is 1.27. The Bertz CT molecular complexity index is 430. The Balaban J connectivity index is 2.04. The van der Waals surface area contributed by atoms with Crippen molar-refractivity contribution < 1.29 is 8.42 Å². The van der Waals surface area contributed by atoms with Gasteiger partial charge in [0.2, 0.25) is 0 Å². The van der Waals surface area contributed by atoms with Gasteiger partial charge in [-0.25, -0.2) is 0 Å². The van der Waals surface area contributed by atoms with Crippen molar-refractivity contribution in [2.24, 2.45) is 23.0 Å². The molecule has 5 nitrogen and oxygen atoms in total. The van der Waals surface area contributed by atoms with Gasteiger partial charge in [-0.1, -0.05) is 20.8 Å². The number of rotatable bonds is 3. The van der Waals surface area contributed by atoms with Crippen LogP contribution in [0.3, 0.4) is 0 Å². The van der Waals surface area contributed by atoms with Crippen molar-refractivity contribution in [3.63, 3.8) is 0 Å². The van der Waals surface area contributed by atoms with Crippen molar-refractivity contribution in [3.8, 4) is 0 Å². The van der Waals surface area contributed by atoms with E-state index in [1.807, 2.05) is 0 Å². The van der Waals surface area contributed by atoms with Gasteiger partial charge in [-0.2, -0.15) is 17.0 Å². The molecular weight excluding hydrogens is 274 g/mol. The van der Waals surface area contributed by atoms with Gasteiger partial charge in [0, 0.05) is 26.2 Å². The van der Waals surface area contributed by atoms with Crippen LogP contribution in [0.2, 0.25) is 0 Å². The number of nitrogens with two attached hydrogens (primary N) is 1. The van der Waals surface area contributed by atoms with E-state index in [1.54, 1.807) is 8.61 Å². The maximum absolute atomic E-state index is 12.7. The third-order valence-electron chi connectivity index (χ3n) is 4.84. The molecule has 0 aromatic heterocycles. The Morgan fingerprint density at radius 1 is 1.10 bits per heavy atom. The Morgan fingerprint density at radius 3 is 2.30 bits per heavy atom. The van der Waals surface area contributed by atoms with Crippen molar-refractivity contribution >= 4 is 10.2 Å². The fourth-order valence-corrected chi connectivity index (χ4v) is 5.03. The summed E-state index contributed by atoms with van der Waals surface area (Å²) in [5.41, 5.74) is 5.88. The Labute approximate surface area is 123 Å². The largest absolute Gasteiger partial charge is 0.330 e. The number of hydrogen-bond acceptors (Lipinski definition) is 3. The van der Waals surface area contributed by atoms with Crippen LogP contribution in [-0.2, 0) is 10.2 Å². The smallest absolute Gasteiger partial charge is 0.281 e. The van der Waals surface area contributed by atoms with Crippen LogP contribution in [0, 0.1) is 17.3 Å². The monoisotopic (exact) mass is 303 g/mol. The second-order valence-corrected chi connectivity index (χ2v) is 9.25. The molecule has 0 radical (unpaired) electrons. The molecule has 6 heteroatoms. The van der Waals surface area contributed by atoms with Crippen LogP contribution in [0.5, 0.6) is 0 Å². The van der Waals surface area contributed by atoms with Crippen LogP contribution < -0.4 is 5.73 Å². The minimum Gasteiger partial charge on any atom is -0.330 e. The molecule has 0 aliphatic carbocycles. The first kappa shape index (κ1) is 16.2. The first-order valence-corrected chi connectivity index (χ1v) is 9.10. The summed E-state index contributed by atoms with van der Waals surface area (Å²) in [6, 6.07) is 0. The quantitative estimate of drug-likeness (QED) is 0.854. The highest BCUT2D eigenvalue weighted by molar-refractivity contribution is 7.86. The highest BCUT2D eigenvalue weighted by Crippen LogP contribution is 2.35. The van der Waals surface area contributed by atoms with E-state index in [2.05, 4.69) is 20.8 Å². The van der Waals surface area contributed by atoms with Gasteiger partial charge < -0.3 is 5.73 Å². The van der Waals surface area contributed by atoms with E-state index in [0.717, 1.165) is 19.3 Å². The summed E-state index contributed by atoms with van der Waals surface area (Å²) in [5, 5.41) is 0. The molecular formula is C14H29N3O2S. The van der Waals surface area contributed by atoms with Crippen molar-refractivity contribution in [2.75, 3.05) is 32.7 Å². The van der Waals surface area contributed by atoms with Crippen molar-refractivity contribution in [1.82, 2.24) is 8.61 Å². The topological polar surface area (TPSA) is 66.6 Å². The van der Waals surface area contributed by atoms with E-state index in [-0.39, 0.29) is 5.41 Å². The van der Waals surface area contributed by atoms with E-state index < -0.39 is 10.2 Å². The molecule has 0 bridgehead atoms. The van der Waals surface area contributed by atoms with E-state index in [0.29, 0.717) is 44.6 Å². The summed E-state index contributed by atoms with van der Waals surface area (Å²) >= 11 is 0. The van der Waals surface area contributed by atoms with Gasteiger partial charge in [0.15, 0.2) is 0 Å². The fraction of sp³-hybridized carbons (Fsp3) is 1.00. The molecule has 118 valence electrons. The maximum atomic E-state index is 12.7. The zero-order chi connectivity index (χ0) is 15.0. The highest BCUT2D eigenvalue weighted by Gasteiger charge is 2.40. The second-order valence-electron chi connectivity index (χ2n) is 7.32. The van der Waals surface area contributed by atoms with E-state index >= 15 is 0 Å². The average molecular weight is 303 g/mol. The first-order valence-electron chi connectivity index (χ1n) is 7.70. The second kappa shape index (κ2) is 5.91. The van der Waals surface area contributed by atoms with Gasteiger partial charge in [0.25, 0.3) is 10.2 Å². The number of piperidine rings is 1. The standard InChI is InChI=1S/C14H29N3O2S/c1-14(2,3)13-6-8-17(11-13)20(18,19)16-7-4-5-12(9-15)10-16/h12-13H,4-11,15H2,1-3H3. The predicted molar refractivity (Wildman–Crippen MR) is 81.4 cm³/mol. The average Bonchev–Trinajstić information content (AvgIpc) is 2.89. The van der Waals surface area contributed by atoms with Gasteiger partial charge in [-0.3, -0.25) is 0 Å². The van der Waals surface area contributed by atoms with Gasteiger partial charge >= 0.3 is 0 Å². The molecule has 2 atom stereocenters. The highest BCUT2D eigenvalue weighted by atomic mass is 32.2. The molecule has 2 heterocycles. The lowest BCUT2D eigenvalue weighted by molar-refractivity contribution is 0.237. The molecule has 2 unspecified atom stereocenters. The summed E-state index contributed by atoms with van der Waals surface area (Å²) in [7, 11) is -3.29. The minimum absolute atomic E-state index is 0.173. The number of nitrogens with zero attached hydrogens (tertiary/aromatic N) is 2. The Hall–Kier alpha value is -0.170. The van der Waals surface area contributed by atoms with Gasteiger partial charge in [0.1, 0.15) is 0 Å².